The number of hydrogen-bond donors (Lipinski definition) is 0. The van der Waals surface area contributed by atoms with Gasteiger partial charge in [0.1, 0.15) is 0 Å². The molecule has 1 saturated heterocycles. The summed E-state index contributed by atoms with van der Waals surface area (Å²) < 4.78 is 11.0. The van der Waals surface area contributed by atoms with Gasteiger partial charge >= 0.3 is 0 Å². The number of ether oxygens (including phenoxy) is 2. The fraction of sp³-hybridized carbons (Fsp3) is 0.727. The van der Waals surface area contributed by atoms with Crippen LogP contribution in [0.3, 0.4) is 0 Å². The van der Waals surface area contributed by atoms with Crippen LogP contribution in [-0.4, -0.2) is 25.4 Å². The van der Waals surface area contributed by atoms with Crippen molar-refractivity contribution in [3.05, 3.63) is 12.7 Å². The van der Waals surface area contributed by atoms with Crippen molar-refractivity contribution in [2.75, 3.05) is 13.2 Å². The first-order valence-corrected chi connectivity index (χ1v) is 5.03. The summed E-state index contributed by atoms with van der Waals surface area (Å²) in [4.78, 5) is 0. The molecule has 0 aliphatic carbocycles. The zero-order chi connectivity index (χ0) is 10.4. The third-order valence-electron chi connectivity index (χ3n) is 2.48. The molecule has 0 spiro atoms. The molecule has 2 unspecified atom stereocenters. The molecule has 1 rings (SSSR count). The molecule has 0 aromatic heterocycles. The van der Waals surface area contributed by atoms with E-state index in [2.05, 4.69) is 12.6 Å². The average molecular weight is 195 g/mol. The average Bonchev–Trinajstić information content (AvgIpc) is 2.21. The van der Waals surface area contributed by atoms with Crippen molar-refractivity contribution in [2.45, 2.75) is 32.0 Å². The van der Waals surface area contributed by atoms with E-state index in [1.54, 1.807) is 6.08 Å². The zero-order valence-electron chi connectivity index (χ0n) is 8.61. The molecule has 0 N–H and O–H groups in total. The van der Waals surface area contributed by atoms with Gasteiger partial charge in [-0.3, -0.25) is 0 Å². The van der Waals surface area contributed by atoms with Crippen LogP contribution >= 0.6 is 0 Å². The van der Waals surface area contributed by atoms with Crippen molar-refractivity contribution < 1.29 is 9.47 Å². The highest BCUT2D eigenvalue weighted by molar-refractivity contribution is 4.99. The number of nitriles is 1. The summed E-state index contributed by atoms with van der Waals surface area (Å²) in [5, 5.41) is 8.80. The molecule has 2 atom stereocenters. The van der Waals surface area contributed by atoms with Gasteiger partial charge in [0.05, 0.1) is 24.2 Å². The Hall–Kier alpha value is -0.850. The van der Waals surface area contributed by atoms with Gasteiger partial charge in [-0.25, -0.2) is 0 Å². The van der Waals surface area contributed by atoms with Crippen molar-refractivity contribution >= 4 is 0 Å². The maximum Gasteiger partial charge on any atom is 0.0900 e. The van der Waals surface area contributed by atoms with Gasteiger partial charge in [-0.1, -0.05) is 6.08 Å². The van der Waals surface area contributed by atoms with Crippen LogP contribution in [0, 0.1) is 17.2 Å². The monoisotopic (exact) mass is 195 g/mol. The quantitative estimate of drug-likeness (QED) is 0.643. The Labute approximate surface area is 85.3 Å². The molecule has 1 heterocycles. The lowest BCUT2D eigenvalue weighted by Crippen LogP contribution is -2.29. The Morgan fingerprint density at radius 3 is 2.71 bits per heavy atom. The molecule has 14 heavy (non-hydrogen) atoms. The van der Waals surface area contributed by atoms with E-state index in [0.29, 0.717) is 0 Å². The second-order valence-electron chi connectivity index (χ2n) is 3.54. The van der Waals surface area contributed by atoms with E-state index in [-0.39, 0.29) is 18.1 Å². The number of hydrogen-bond acceptors (Lipinski definition) is 3. The minimum absolute atomic E-state index is 0.0689. The lowest BCUT2D eigenvalue weighted by Gasteiger charge is -2.26. The van der Waals surface area contributed by atoms with Crippen LogP contribution < -0.4 is 0 Å². The Morgan fingerprint density at radius 1 is 1.57 bits per heavy atom. The highest BCUT2D eigenvalue weighted by Gasteiger charge is 2.21. The third kappa shape index (κ3) is 3.13. The minimum Gasteiger partial charge on any atom is -0.381 e. The van der Waals surface area contributed by atoms with Crippen LogP contribution in [0.2, 0.25) is 0 Å². The summed E-state index contributed by atoms with van der Waals surface area (Å²) >= 11 is 0. The molecule has 1 aliphatic heterocycles. The van der Waals surface area contributed by atoms with Crippen molar-refractivity contribution in [3.63, 3.8) is 0 Å². The zero-order valence-corrected chi connectivity index (χ0v) is 8.61. The first-order chi connectivity index (χ1) is 6.77. The molecule has 3 nitrogen and oxygen atoms in total. The predicted molar refractivity (Wildman–Crippen MR) is 53.7 cm³/mol. The van der Waals surface area contributed by atoms with Crippen molar-refractivity contribution in [3.8, 4) is 6.07 Å². The normalized spacial score (nSPS) is 22.3. The Bertz CT molecular complexity index is 216. The molecule has 0 bridgehead atoms. The molecule has 0 amide bonds. The fourth-order valence-electron chi connectivity index (χ4n) is 1.55. The molecule has 0 aromatic rings. The molecule has 3 heteroatoms. The Morgan fingerprint density at radius 2 is 2.21 bits per heavy atom. The lowest BCUT2D eigenvalue weighted by molar-refractivity contribution is -0.0684. The van der Waals surface area contributed by atoms with Gasteiger partial charge in [-0.05, 0) is 19.8 Å². The summed E-state index contributed by atoms with van der Waals surface area (Å²) in [6.07, 6.45) is 3.68. The van der Waals surface area contributed by atoms with Gasteiger partial charge < -0.3 is 9.47 Å². The largest absolute Gasteiger partial charge is 0.381 e. The van der Waals surface area contributed by atoms with Gasteiger partial charge in [-0.2, -0.15) is 5.26 Å². The van der Waals surface area contributed by atoms with Crippen LogP contribution in [-0.2, 0) is 9.47 Å². The van der Waals surface area contributed by atoms with E-state index in [4.69, 9.17) is 14.7 Å². The molecule has 1 fully saturated rings. The second-order valence-corrected chi connectivity index (χ2v) is 3.54. The SMILES string of the molecule is C=CC(C#N)C(C)OC1CCOCC1. The summed E-state index contributed by atoms with van der Waals surface area (Å²) in [5.74, 6) is -0.210. The van der Waals surface area contributed by atoms with Crippen molar-refractivity contribution in [1.29, 1.82) is 5.26 Å². The maximum absolute atomic E-state index is 8.80. The van der Waals surface area contributed by atoms with Crippen LogP contribution in [0.4, 0.5) is 0 Å². The Balaban J connectivity index is 2.34. The minimum atomic E-state index is -0.210. The molecular formula is C11H17NO2. The van der Waals surface area contributed by atoms with E-state index in [9.17, 15) is 0 Å². The summed E-state index contributed by atoms with van der Waals surface area (Å²) in [5.41, 5.74) is 0. The van der Waals surface area contributed by atoms with E-state index in [1.165, 1.54) is 0 Å². The van der Waals surface area contributed by atoms with Crippen LogP contribution in [0.25, 0.3) is 0 Å². The van der Waals surface area contributed by atoms with E-state index in [0.717, 1.165) is 26.1 Å². The molecule has 1 aliphatic rings. The number of rotatable bonds is 4. The van der Waals surface area contributed by atoms with Crippen LogP contribution in [0.15, 0.2) is 12.7 Å². The predicted octanol–water partition coefficient (Wildman–Crippen LogP) is 1.90. The smallest absolute Gasteiger partial charge is 0.0900 e. The van der Waals surface area contributed by atoms with Crippen LogP contribution in [0.5, 0.6) is 0 Å². The Kier molecular flexibility index (Phi) is 4.64. The standard InChI is InChI=1S/C11H17NO2/c1-3-10(8-12)9(2)14-11-4-6-13-7-5-11/h3,9-11H,1,4-7H2,2H3. The maximum atomic E-state index is 8.80. The van der Waals surface area contributed by atoms with E-state index >= 15 is 0 Å². The number of nitrogens with zero attached hydrogens (tertiary/aromatic N) is 1. The van der Waals surface area contributed by atoms with Crippen LogP contribution in [0.1, 0.15) is 19.8 Å². The first kappa shape index (κ1) is 11.2. The molecule has 0 radical (unpaired) electrons. The summed E-state index contributed by atoms with van der Waals surface area (Å²) in [6.45, 7) is 7.07. The van der Waals surface area contributed by atoms with Gasteiger partial charge in [-0.15, -0.1) is 6.58 Å². The van der Waals surface area contributed by atoms with Gasteiger partial charge in [0.2, 0.25) is 0 Å². The summed E-state index contributed by atoms with van der Waals surface area (Å²) in [7, 11) is 0. The van der Waals surface area contributed by atoms with Gasteiger partial charge in [0.25, 0.3) is 0 Å². The third-order valence-corrected chi connectivity index (χ3v) is 2.48. The highest BCUT2D eigenvalue weighted by atomic mass is 16.5. The van der Waals surface area contributed by atoms with Gasteiger partial charge in [0.15, 0.2) is 0 Å². The van der Waals surface area contributed by atoms with E-state index in [1.807, 2.05) is 6.92 Å². The van der Waals surface area contributed by atoms with Crippen molar-refractivity contribution in [2.24, 2.45) is 5.92 Å². The topological polar surface area (TPSA) is 42.2 Å². The molecule has 0 aromatic carbocycles. The van der Waals surface area contributed by atoms with Crippen molar-refractivity contribution in [1.82, 2.24) is 0 Å². The lowest BCUT2D eigenvalue weighted by atomic mass is 10.1. The fourth-order valence-corrected chi connectivity index (χ4v) is 1.55. The molecular weight excluding hydrogens is 178 g/mol. The molecule has 78 valence electrons. The highest BCUT2D eigenvalue weighted by Crippen LogP contribution is 2.17. The molecule has 0 saturated carbocycles. The van der Waals surface area contributed by atoms with E-state index < -0.39 is 0 Å². The first-order valence-electron chi connectivity index (χ1n) is 5.03. The van der Waals surface area contributed by atoms with Gasteiger partial charge in [0, 0.05) is 13.2 Å². The summed E-state index contributed by atoms with van der Waals surface area (Å²) in [6, 6.07) is 2.17. The second kappa shape index (κ2) is 5.79.